The number of hydrogen-bond acceptors (Lipinski definition) is 2. The van der Waals surface area contributed by atoms with Crippen LogP contribution in [0.1, 0.15) is 56.2 Å². The molecule has 1 aromatic rings. The van der Waals surface area contributed by atoms with Crippen LogP contribution in [0, 0.1) is 5.92 Å². The molecule has 1 fully saturated rings. The van der Waals surface area contributed by atoms with E-state index >= 15 is 0 Å². The normalized spacial score (nSPS) is 24.1. The topological polar surface area (TPSA) is 43.8 Å². The second-order valence-electron chi connectivity index (χ2n) is 5.71. The first-order valence-electron chi connectivity index (χ1n) is 7.22. The third-order valence-electron chi connectivity index (χ3n) is 4.30. The van der Waals surface area contributed by atoms with Crippen molar-refractivity contribution in [1.82, 2.24) is 9.78 Å². The molecule has 0 spiro atoms. The predicted molar refractivity (Wildman–Crippen MR) is 72.4 cm³/mol. The largest absolute Gasteiger partial charge is 0.391 e. The van der Waals surface area contributed by atoms with Gasteiger partial charge in [0.25, 0.3) is 0 Å². The molecular formula is C14H22F3N3. The van der Waals surface area contributed by atoms with E-state index in [4.69, 9.17) is 5.73 Å². The van der Waals surface area contributed by atoms with E-state index < -0.39 is 12.1 Å². The van der Waals surface area contributed by atoms with E-state index in [2.05, 4.69) is 12.0 Å². The van der Waals surface area contributed by atoms with Gasteiger partial charge >= 0.3 is 6.18 Å². The molecule has 0 amide bonds. The Morgan fingerprint density at radius 2 is 1.85 bits per heavy atom. The van der Waals surface area contributed by atoms with Crippen molar-refractivity contribution in [3.05, 3.63) is 11.3 Å². The molecular weight excluding hydrogens is 267 g/mol. The molecule has 1 heterocycles. The van der Waals surface area contributed by atoms with E-state index in [1.54, 1.807) is 11.7 Å². The average Bonchev–Trinajstić information content (AvgIpc) is 2.67. The van der Waals surface area contributed by atoms with E-state index in [-0.39, 0.29) is 18.8 Å². The molecule has 0 atom stereocenters. The summed E-state index contributed by atoms with van der Waals surface area (Å²) in [5.74, 6) is -0.368. The molecule has 6 heteroatoms. The molecule has 0 radical (unpaired) electrons. The van der Waals surface area contributed by atoms with Gasteiger partial charge in [-0.15, -0.1) is 0 Å². The van der Waals surface area contributed by atoms with Crippen LogP contribution in [0.2, 0.25) is 0 Å². The first-order chi connectivity index (χ1) is 9.34. The van der Waals surface area contributed by atoms with Crippen molar-refractivity contribution in [3.8, 4) is 0 Å². The third-order valence-corrected chi connectivity index (χ3v) is 4.30. The average molecular weight is 289 g/mol. The van der Waals surface area contributed by atoms with E-state index in [1.165, 1.54) is 0 Å². The fourth-order valence-corrected chi connectivity index (χ4v) is 3.13. The first-order valence-corrected chi connectivity index (χ1v) is 7.22. The molecule has 0 aliphatic heterocycles. The van der Waals surface area contributed by atoms with Crippen LogP contribution in [0.4, 0.5) is 19.0 Å². The zero-order chi connectivity index (χ0) is 14.9. The number of aryl methyl sites for hydroxylation is 1. The van der Waals surface area contributed by atoms with Gasteiger partial charge in [-0.1, -0.05) is 13.3 Å². The summed E-state index contributed by atoms with van der Waals surface area (Å²) in [6, 6.07) is 0. The zero-order valence-corrected chi connectivity index (χ0v) is 12.0. The summed E-state index contributed by atoms with van der Waals surface area (Å²) in [5.41, 5.74) is 7.97. The van der Waals surface area contributed by atoms with Crippen LogP contribution < -0.4 is 5.73 Å². The molecule has 3 nitrogen and oxygen atoms in total. The van der Waals surface area contributed by atoms with Crippen molar-refractivity contribution >= 4 is 5.82 Å². The molecule has 1 aliphatic rings. The summed E-state index contributed by atoms with van der Waals surface area (Å²) < 4.78 is 39.7. The summed E-state index contributed by atoms with van der Waals surface area (Å²) in [6.45, 7) is 2.07. The molecule has 0 bridgehead atoms. The van der Waals surface area contributed by atoms with Gasteiger partial charge < -0.3 is 5.73 Å². The second kappa shape index (κ2) is 5.66. The van der Waals surface area contributed by atoms with Crippen molar-refractivity contribution < 1.29 is 13.2 Å². The highest BCUT2D eigenvalue weighted by Gasteiger charge is 2.42. The third kappa shape index (κ3) is 2.94. The maximum absolute atomic E-state index is 12.7. The Hall–Kier alpha value is -1.20. The summed E-state index contributed by atoms with van der Waals surface area (Å²) in [5, 5.41) is 4.45. The standard InChI is InChI=1S/C14H22F3N3/c1-3-4-11-12(19-20(2)13(11)18)9-5-7-10(8-6-9)14(15,16)17/h9-10H,3-8,18H2,1-2H3. The van der Waals surface area contributed by atoms with E-state index in [9.17, 15) is 13.2 Å². The van der Waals surface area contributed by atoms with Crippen molar-refractivity contribution in [2.75, 3.05) is 5.73 Å². The highest BCUT2D eigenvalue weighted by atomic mass is 19.4. The minimum absolute atomic E-state index is 0.124. The van der Waals surface area contributed by atoms with Crippen molar-refractivity contribution in [1.29, 1.82) is 0 Å². The van der Waals surface area contributed by atoms with Crippen LogP contribution in [0.3, 0.4) is 0 Å². The Bertz CT molecular complexity index is 457. The summed E-state index contributed by atoms with van der Waals surface area (Å²) >= 11 is 0. The molecule has 1 aliphatic carbocycles. The number of alkyl halides is 3. The van der Waals surface area contributed by atoms with Crippen molar-refractivity contribution in [3.63, 3.8) is 0 Å². The molecule has 2 rings (SSSR count). The summed E-state index contributed by atoms with van der Waals surface area (Å²) in [4.78, 5) is 0. The SMILES string of the molecule is CCCc1c(C2CCC(C(F)(F)F)CC2)nn(C)c1N. The van der Waals surface area contributed by atoms with Gasteiger partial charge in [0.15, 0.2) is 0 Å². The molecule has 2 N–H and O–H groups in total. The lowest BCUT2D eigenvalue weighted by molar-refractivity contribution is -0.182. The molecule has 0 unspecified atom stereocenters. The summed E-state index contributed by atoms with van der Waals surface area (Å²) in [7, 11) is 1.79. The van der Waals surface area contributed by atoms with E-state index in [1.807, 2.05) is 0 Å². The van der Waals surface area contributed by atoms with Crippen LogP contribution in [0.15, 0.2) is 0 Å². The van der Waals surface area contributed by atoms with E-state index in [0.717, 1.165) is 24.1 Å². The molecule has 0 aromatic carbocycles. The fourth-order valence-electron chi connectivity index (χ4n) is 3.13. The minimum Gasteiger partial charge on any atom is -0.384 e. The maximum atomic E-state index is 12.7. The quantitative estimate of drug-likeness (QED) is 0.920. The highest BCUT2D eigenvalue weighted by Crippen LogP contribution is 2.43. The molecule has 0 saturated heterocycles. The lowest BCUT2D eigenvalue weighted by atomic mass is 9.79. The summed E-state index contributed by atoms with van der Waals surface area (Å²) in [6.07, 6.45) is -0.740. The van der Waals surface area contributed by atoms with Gasteiger partial charge in [-0.25, -0.2) is 0 Å². The number of halogens is 3. The Balaban J connectivity index is 2.13. The molecule has 20 heavy (non-hydrogen) atoms. The predicted octanol–water partition coefficient (Wildman–Crippen LogP) is 3.79. The van der Waals surface area contributed by atoms with Crippen LogP contribution in [-0.4, -0.2) is 16.0 Å². The number of nitrogen functional groups attached to an aromatic ring is 1. The Kier molecular flexibility index (Phi) is 4.30. The number of anilines is 1. The number of hydrogen-bond donors (Lipinski definition) is 1. The van der Waals surface area contributed by atoms with E-state index in [0.29, 0.717) is 18.7 Å². The minimum atomic E-state index is -4.06. The lowest BCUT2D eigenvalue weighted by Crippen LogP contribution is -2.27. The number of aromatic nitrogens is 2. The molecule has 114 valence electrons. The van der Waals surface area contributed by atoms with Crippen molar-refractivity contribution in [2.45, 2.75) is 57.5 Å². The molecule has 1 aromatic heterocycles. The maximum Gasteiger partial charge on any atom is 0.391 e. The smallest absolute Gasteiger partial charge is 0.384 e. The van der Waals surface area contributed by atoms with Gasteiger partial charge in [-0.2, -0.15) is 18.3 Å². The zero-order valence-electron chi connectivity index (χ0n) is 12.0. The lowest BCUT2D eigenvalue weighted by Gasteiger charge is -2.29. The Labute approximate surface area is 117 Å². The van der Waals surface area contributed by atoms with Crippen LogP contribution in [-0.2, 0) is 13.5 Å². The van der Waals surface area contributed by atoms with Gasteiger partial charge in [0, 0.05) is 18.5 Å². The fraction of sp³-hybridized carbons (Fsp3) is 0.786. The van der Waals surface area contributed by atoms with Gasteiger partial charge in [0.2, 0.25) is 0 Å². The second-order valence-corrected chi connectivity index (χ2v) is 5.71. The van der Waals surface area contributed by atoms with Crippen LogP contribution >= 0.6 is 0 Å². The van der Waals surface area contributed by atoms with Crippen LogP contribution in [0.5, 0.6) is 0 Å². The number of nitrogens with two attached hydrogens (primary N) is 1. The van der Waals surface area contributed by atoms with Gasteiger partial charge in [-0.05, 0) is 32.1 Å². The van der Waals surface area contributed by atoms with Gasteiger partial charge in [0.05, 0.1) is 11.6 Å². The number of nitrogens with zero attached hydrogens (tertiary/aromatic N) is 2. The van der Waals surface area contributed by atoms with Crippen molar-refractivity contribution in [2.24, 2.45) is 13.0 Å². The van der Waals surface area contributed by atoms with Crippen LogP contribution in [0.25, 0.3) is 0 Å². The Morgan fingerprint density at radius 1 is 1.25 bits per heavy atom. The highest BCUT2D eigenvalue weighted by molar-refractivity contribution is 5.45. The first kappa shape index (κ1) is 15.2. The van der Waals surface area contributed by atoms with Gasteiger partial charge in [0.1, 0.15) is 5.82 Å². The monoisotopic (exact) mass is 289 g/mol. The molecule has 1 saturated carbocycles. The van der Waals surface area contributed by atoms with Gasteiger partial charge in [-0.3, -0.25) is 4.68 Å². The number of rotatable bonds is 3. The Morgan fingerprint density at radius 3 is 2.35 bits per heavy atom.